The van der Waals surface area contributed by atoms with E-state index in [4.69, 9.17) is 9.47 Å². The minimum atomic E-state index is -3.63. The summed E-state index contributed by atoms with van der Waals surface area (Å²) in [5, 5.41) is 2.69. The lowest BCUT2D eigenvalue weighted by Crippen LogP contribution is -2.50. The van der Waals surface area contributed by atoms with Crippen molar-refractivity contribution in [1.29, 1.82) is 0 Å². The Kier molecular flexibility index (Phi) is 4.94. The lowest BCUT2D eigenvalue weighted by atomic mass is 10.2. The Bertz CT molecular complexity index is 807. The van der Waals surface area contributed by atoms with Crippen LogP contribution >= 0.6 is 0 Å². The van der Waals surface area contributed by atoms with Crippen LogP contribution in [0.25, 0.3) is 0 Å². The number of hydrogen-bond acceptors (Lipinski definition) is 6. The van der Waals surface area contributed by atoms with E-state index in [2.05, 4.69) is 5.32 Å². The molecule has 1 heterocycles. The van der Waals surface area contributed by atoms with Crippen LogP contribution in [-0.2, 0) is 24.3 Å². The molecule has 9 heteroatoms. The van der Waals surface area contributed by atoms with E-state index in [0.29, 0.717) is 30.8 Å². The molecule has 8 nitrogen and oxygen atoms in total. The van der Waals surface area contributed by atoms with Crippen molar-refractivity contribution < 1.29 is 27.5 Å². The highest BCUT2D eigenvalue weighted by atomic mass is 32.2. The standard InChI is InChI=1S/C17H22N2O6S/c1-3-24-15(20)11-25-14-6-4-13(5-7-14)18-16(21)17-10-12(17)8-9-19(2)26(17,22)23/h4-7,12H,3,8-11H2,1-2H3,(H,18,21)/t12-,17+/m0/s1. The summed E-state index contributed by atoms with van der Waals surface area (Å²) in [6, 6.07) is 6.40. The summed E-state index contributed by atoms with van der Waals surface area (Å²) in [6.07, 6.45) is 1.07. The molecule has 1 aliphatic carbocycles. The Morgan fingerprint density at radius 1 is 1.31 bits per heavy atom. The number of carbonyl (C=O) groups excluding carboxylic acids is 2. The quantitative estimate of drug-likeness (QED) is 0.736. The Morgan fingerprint density at radius 3 is 2.65 bits per heavy atom. The third-order valence-corrected chi connectivity index (χ3v) is 7.48. The monoisotopic (exact) mass is 382 g/mol. The van der Waals surface area contributed by atoms with Crippen molar-refractivity contribution in [3.8, 4) is 5.75 Å². The first kappa shape index (κ1) is 18.7. The molecule has 1 aromatic rings. The van der Waals surface area contributed by atoms with E-state index < -0.39 is 26.6 Å². The predicted molar refractivity (Wildman–Crippen MR) is 94.2 cm³/mol. The van der Waals surface area contributed by atoms with Gasteiger partial charge in [0, 0.05) is 19.3 Å². The summed E-state index contributed by atoms with van der Waals surface area (Å²) in [6.45, 7) is 2.25. The molecule has 1 saturated heterocycles. The van der Waals surface area contributed by atoms with Gasteiger partial charge in [-0.05, 0) is 49.9 Å². The number of carbonyl (C=O) groups is 2. The SMILES string of the molecule is CCOC(=O)COc1ccc(NC(=O)[C@@]23C[C@@H]2CCN(C)S3(=O)=O)cc1. The van der Waals surface area contributed by atoms with Gasteiger partial charge in [0.1, 0.15) is 5.75 Å². The smallest absolute Gasteiger partial charge is 0.344 e. The molecule has 1 aromatic carbocycles. The van der Waals surface area contributed by atoms with Crippen LogP contribution in [0, 0.1) is 5.92 Å². The fourth-order valence-electron chi connectivity index (χ4n) is 3.31. The molecule has 2 aliphatic rings. The van der Waals surface area contributed by atoms with Crippen molar-refractivity contribution in [3.05, 3.63) is 24.3 Å². The zero-order valence-electron chi connectivity index (χ0n) is 14.7. The molecule has 0 unspecified atom stereocenters. The molecular formula is C17H22N2O6S. The van der Waals surface area contributed by atoms with Gasteiger partial charge in [-0.25, -0.2) is 17.5 Å². The summed E-state index contributed by atoms with van der Waals surface area (Å²) in [7, 11) is -2.13. The lowest BCUT2D eigenvalue weighted by molar-refractivity contribution is -0.145. The van der Waals surface area contributed by atoms with Crippen LogP contribution in [0.15, 0.2) is 24.3 Å². The van der Waals surface area contributed by atoms with Crippen molar-refractivity contribution in [2.75, 3.05) is 32.1 Å². The van der Waals surface area contributed by atoms with Crippen LogP contribution in [0.2, 0.25) is 0 Å². The second kappa shape index (κ2) is 6.88. The fourth-order valence-corrected chi connectivity index (χ4v) is 5.44. The molecular weight excluding hydrogens is 360 g/mol. The number of rotatable bonds is 6. The molecule has 0 spiro atoms. The van der Waals surface area contributed by atoms with Crippen LogP contribution < -0.4 is 10.1 Å². The van der Waals surface area contributed by atoms with Crippen molar-refractivity contribution in [3.63, 3.8) is 0 Å². The van der Waals surface area contributed by atoms with Gasteiger partial charge in [-0.1, -0.05) is 0 Å². The van der Waals surface area contributed by atoms with Crippen LogP contribution in [0.4, 0.5) is 5.69 Å². The van der Waals surface area contributed by atoms with E-state index in [1.165, 1.54) is 11.4 Å². The van der Waals surface area contributed by atoms with Gasteiger partial charge in [-0.2, -0.15) is 0 Å². The van der Waals surface area contributed by atoms with Gasteiger partial charge in [0.2, 0.25) is 15.9 Å². The lowest BCUT2D eigenvalue weighted by Gasteiger charge is -2.28. The van der Waals surface area contributed by atoms with Crippen molar-refractivity contribution in [1.82, 2.24) is 4.31 Å². The van der Waals surface area contributed by atoms with Crippen molar-refractivity contribution in [2.45, 2.75) is 24.5 Å². The zero-order chi connectivity index (χ0) is 18.9. The molecule has 3 rings (SSSR count). The summed E-state index contributed by atoms with van der Waals surface area (Å²) in [5.41, 5.74) is 0.474. The normalized spacial score (nSPS) is 26.5. The minimum absolute atomic E-state index is 0.115. The molecule has 1 aliphatic heterocycles. The topological polar surface area (TPSA) is 102 Å². The van der Waals surface area contributed by atoms with Crippen LogP contribution in [-0.4, -0.2) is 56.2 Å². The number of sulfonamides is 1. The molecule has 0 aromatic heterocycles. The molecule has 1 amide bonds. The molecule has 2 atom stereocenters. The van der Waals surface area contributed by atoms with Gasteiger partial charge in [-0.3, -0.25) is 4.79 Å². The van der Waals surface area contributed by atoms with Gasteiger partial charge >= 0.3 is 5.97 Å². The number of fused-ring (bicyclic) bond motifs is 1. The van der Waals surface area contributed by atoms with Gasteiger partial charge in [-0.15, -0.1) is 0 Å². The number of benzene rings is 1. The number of amides is 1. The second-order valence-electron chi connectivity index (χ2n) is 6.48. The molecule has 1 saturated carbocycles. The van der Waals surface area contributed by atoms with E-state index in [0.717, 1.165) is 0 Å². The highest BCUT2D eigenvalue weighted by Crippen LogP contribution is 2.56. The summed E-state index contributed by atoms with van der Waals surface area (Å²) >= 11 is 0. The first-order valence-electron chi connectivity index (χ1n) is 8.47. The molecule has 142 valence electrons. The molecule has 0 radical (unpaired) electrons. The van der Waals surface area contributed by atoms with E-state index in [1.807, 2.05) is 0 Å². The number of esters is 1. The molecule has 1 N–H and O–H groups in total. The largest absolute Gasteiger partial charge is 0.482 e. The summed E-state index contributed by atoms with van der Waals surface area (Å²) in [4.78, 5) is 23.9. The maximum absolute atomic E-state index is 12.7. The molecule has 2 fully saturated rings. The average Bonchev–Trinajstić information content (AvgIpc) is 3.36. The number of nitrogens with zero attached hydrogens (tertiary/aromatic N) is 1. The third kappa shape index (κ3) is 3.16. The molecule has 26 heavy (non-hydrogen) atoms. The van der Waals surface area contributed by atoms with Crippen LogP contribution in [0.5, 0.6) is 5.75 Å². The Morgan fingerprint density at radius 2 is 2.00 bits per heavy atom. The van der Waals surface area contributed by atoms with Crippen LogP contribution in [0.3, 0.4) is 0 Å². The van der Waals surface area contributed by atoms with E-state index in [1.54, 1.807) is 31.2 Å². The minimum Gasteiger partial charge on any atom is -0.482 e. The number of anilines is 1. The maximum Gasteiger partial charge on any atom is 0.344 e. The summed E-state index contributed by atoms with van der Waals surface area (Å²) < 4.78 is 35.1. The Hall–Kier alpha value is -2.13. The summed E-state index contributed by atoms with van der Waals surface area (Å²) in [5.74, 6) is -0.621. The number of ether oxygens (including phenoxy) is 2. The zero-order valence-corrected chi connectivity index (χ0v) is 15.5. The van der Waals surface area contributed by atoms with Gasteiger partial charge in [0.25, 0.3) is 0 Å². The first-order chi connectivity index (χ1) is 12.3. The average molecular weight is 382 g/mol. The predicted octanol–water partition coefficient (Wildman–Crippen LogP) is 0.991. The van der Waals surface area contributed by atoms with Gasteiger partial charge in [0.15, 0.2) is 11.4 Å². The fraction of sp³-hybridized carbons (Fsp3) is 0.529. The second-order valence-corrected chi connectivity index (χ2v) is 8.78. The third-order valence-electron chi connectivity index (χ3n) is 4.87. The number of hydrogen-bond donors (Lipinski definition) is 1. The van der Waals surface area contributed by atoms with Crippen LogP contribution in [0.1, 0.15) is 19.8 Å². The van der Waals surface area contributed by atoms with Crippen molar-refractivity contribution >= 4 is 27.6 Å². The Balaban J connectivity index is 1.63. The highest BCUT2D eigenvalue weighted by molar-refractivity contribution is 7.91. The number of nitrogens with one attached hydrogen (secondary N) is 1. The van der Waals surface area contributed by atoms with E-state index in [-0.39, 0.29) is 19.1 Å². The van der Waals surface area contributed by atoms with Gasteiger partial charge < -0.3 is 14.8 Å². The van der Waals surface area contributed by atoms with Crippen molar-refractivity contribution in [2.24, 2.45) is 5.92 Å². The highest BCUT2D eigenvalue weighted by Gasteiger charge is 2.71. The van der Waals surface area contributed by atoms with E-state index in [9.17, 15) is 18.0 Å². The van der Waals surface area contributed by atoms with E-state index >= 15 is 0 Å². The molecule has 0 bridgehead atoms. The maximum atomic E-state index is 12.7. The first-order valence-corrected chi connectivity index (χ1v) is 9.91. The Labute approximate surface area is 152 Å². The van der Waals surface area contributed by atoms with Gasteiger partial charge in [0.05, 0.1) is 6.61 Å².